The topological polar surface area (TPSA) is 21.3 Å². The first kappa shape index (κ1) is 14.4. The highest BCUT2D eigenvalue weighted by molar-refractivity contribution is 5.44. The van der Waals surface area contributed by atoms with E-state index in [0.29, 0.717) is 0 Å². The van der Waals surface area contributed by atoms with Gasteiger partial charge in [0.15, 0.2) is 0 Å². The van der Waals surface area contributed by atoms with Gasteiger partial charge in [-0.2, -0.15) is 0 Å². The first-order valence-electron chi connectivity index (χ1n) is 7.17. The predicted octanol–water partition coefficient (Wildman–Crippen LogP) is 4.49. The number of ether oxygens (including phenoxy) is 1. The number of benzene rings is 2. The molecular weight excluding hydrogens is 246 g/mol. The van der Waals surface area contributed by atoms with Crippen molar-refractivity contribution < 1.29 is 4.74 Å². The van der Waals surface area contributed by atoms with Crippen LogP contribution in [0.15, 0.2) is 42.5 Å². The van der Waals surface area contributed by atoms with Crippen LogP contribution in [0.2, 0.25) is 0 Å². The number of nitrogens with one attached hydrogen (secondary N) is 1. The lowest BCUT2D eigenvalue weighted by molar-refractivity contribution is 0.310. The van der Waals surface area contributed by atoms with E-state index in [2.05, 4.69) is 50.4 Å². The van der Waals surface area contributed by atoms with Crippen molar-refractivity contribution in [3.8, 4) is 5.75 Å². The van der Waals surface area contributed by atoms with Gasteiger partial charge in [0.1, 0.15) is 5.75 Å². The summed E-state index contributed by atoms with van der Waals surface area (Å²) in [5, 5.41) is 3.39. The van der Waals surface area contributed by atoms with Crippen molar-refractivity contribution in [2.24, 2.45) is 0 Å². The molecule has 0 saturated heterocycles. The van der Waals surface area contributed by atoms with Gasteiger partial charge in [-0.25, -0.2) is 0 Å². The van der Waals surface area contributed by atoms with Crippen LogP contribution in [-0.4, -0.2) is 13.2 Å². The molecular formula is C18H23NO. The van der Waals surface area contributed by atoms with Crippen LogP contribution < -0.4 is 10.1 Å². The summed E-state index contributed by atoms with van der Waals surface area (Å²) in [6, 6.07) is 14.5. The van der Waals surface area contributed by atoms with Gasteiger partial charge < -0.3 is 10.1 Å². The van der Waals surface area contributed by atoms with E-state index in [-0.39, 0.29) is 0 Å². The van der Waals surface area contributed by atoms with Crippen molar-refractivity contribution in [3.63, 3.8) is 0 Å². The monoisotopic (exact) mass is 269 g/mol. The minimum absolute atomic E-state index is 0.741. The van der Waals surface area contributed by atoms with Gasteiger partial charge >= 0.3 is 0 Å². The number of aryl methyl sites for hydroxylation is 2. The normalized spacial score (nSPS) is 10.3. The smallest absolute Gasteiger partial charge is 0.125 e. The number of para-hydroxylation sites is 1. The molecule has 0 atom stereocenters. The molecule has 0 unspecified atom stereocenters. The summed E-state index contributed by atoms with van der Waals surface area (Å²) >= 11 is 0. The Labute approximate surface area is 121 Å². The average Bonchev–Trinajstić information content (AvgIpc) is 2.47. The zero-order valence-electron chi connectivity index (χ0n) is 12.6. The Morgan fingerprint density at radius 3 is 2.35 bits per heavy atom. The van der Waals surface area contributed by atoms with Crippen molar-refractivity contribution >= 4 is 5.69 Å². The van der Waals surface area contributed by atoms with Crippen LogP contribution in [0, 0.1) is 20.8 Å². The lowest BCUT2D eigenvalue weighted by Crippen LogP contribution is -2.08. The summed E-state index contributed by atoms with van der Waals surface area (Å²) in [7, 11) is 0. The van der Waals surface area contributed by atoms with Crippen molar-refractivity contribution in [3.05, 3.63) is 59.2 Å². The standard InChI is InChI=1S/C18H23NO/c1-14-10-11-15(2)18(16(14)3)20-13-7-12-19-17-8-5-4-6-9-17/h4-6,8-11,19H,7,12-13H2,1-3H3. The van der Waals surface area contributed by atoms with Gasteiger partial charge in [-0.3, -0.25) is 0 Å². The summed E-state index contributed by atoms with van der Waals surface area (Å²) < 4.78 is 5.95. The molecule has 0 amide bonds. The summed E-state index contributed by atoms with van der Waals surface area (Å²) in [6.45, 7) is 8.02. The van der Waals surface area contributed by atoms with E-state index in [9.17, 15) is 0 Å². The predicted molar refractivity (Wildman–Crippen MR) is 85.7 cm³/mol. The van der Waals surface area contributed by atoms with E-state index < -0.39 is 0 Å². The molecule has 106 valence electrons. The third-order valence-corrected chi connectivity index (χ3v) is 3.54. The Balaban J connectivity index is 1.78. The van der Waals surface area contributed by atoms with Crippen LogP contribution in [0.3, 0.4) is 0 Å². The molecule has 20 heavy (non-hydrogen) atoms. The fourth-order valence-electron chi connectivity index (χ4n) is 2.18. The third-order valence-electron chi connectivity index (χ3n) is 3.54. The molecule has 0 aliphatic rings. The molecule has 0 aliphatic carbocycles. The summed E-state index contributed by atoms with van der Waals surface area (Å²) in [4.78, 5) is 0. The van der Waals surface area contributed by atoms with E-state index in [4.69, 9.17) is 4.74 Å². The van der Waals surface area contributed by atoms with E-state index in [0.717, 1.165) is 31.0 Å². The number of hydrogen-bond donors (Lipinski definition) is 1. The quantitative estimate of drug-likeness (QED) is 0.780. The molecule has 2 rings (SSSR count). The Morgan fingerprint density at radius 1 is 0.900 bits per heavy atom. The van der Waals surface area contributed by atoms with E-state index in [1.165, 1.54) is 16.7 Å². The highest BCUT2D eigenvalue weighted by Crippen LogP contribution is 2.25. The molecule has 0 heterocycles. The van der Waals surface area contributed by atoms with Crippen LogP contribution in [0.4, 0.5) is 5.69 Å². The maximum atomic E-state index is 5.95. The second-order valence-corrected chi connectivity index (χ2v) is 5.15. The highest BCUT2D eigenvalue weighted by atomic mass is 16.5. The zero-order valence-corrected chi connectivity index (χ0v) is 12.6. The van der Waals surface area contributed by atoms with Gasteiger partial charge in [-0.1, -0.05) is 30.3 Å². The average molecular weight is 269 g/mol. The molecule has 0 radical (unpaired) electrons. The van der Waals surface area contributed by atoms with Crippen LogP contribution >= 0.6 is 0 Å². The summed E-state index contributed by atoms with van der Waals surface area (Å²) in [5.41, 5.74) is 4.91. The lowest BCUT2D eigenvalue weighted by atomic mass is 10.1. The molecule has 0 bridgehead atoms. The van der Waals surface area contributed by atoms with E-state index >= 15 is 0 Å². The molecule has 1 N–H and O–H groups in total. The maximum Gasteiger partial charge on any atom is 0.125 e. The second kappa shape index (κ2) is 6.99. The van der Waals surface area contributed by atoms with Gasteiger partial charge in [-0.05, 0) is 56.0 Å². The number of hydrogen-bond acceptors (Lipinski definition) is 2. The molecule has 0 aromatic heterocycles. The van der Waals surface area contributed by atoms with Gasteiger partial charge in [0, 0.05) is 12.2 Å². The maximum absolute atomic E-state index is 5.95. The summed E-state index contributed by atoms with van der Waals surface area (Å²) in [6.07, 6.45) is 0.988. The molecule has 0 fully saturated rings. The van der Waals surface area contributed by atoms with Crippen LogP contribution in [0.1, 0.15) is 23.1 Å². The van der Waals surface area contributed by atoms with Crippen LogP contribution in [0.5, 0.6) is 5.75 Å². The molecule has 2 aromatic rings. The largest absolute Gasteiger partial charge is 0.493 e. The van der Waals surface area contributed by atoms with Gasteiger partial charge in [-0.15, -0.1) is 0 Å². The van der Waals surface area contributed by atoms with Crippen LogP contribution in [0.25, 0.3) is 0 Å². The first-order chi connectivity index (χ1) is 9.68. The van der Waals surface area contributed by atoms with Crippen molar-refractivity contribution in [1.82, 2.24) is 0 Å². The molecule has 2 nitrogen and oxygen atoms in total. The van der Waals surface area contributed by atoms with E-state index in [1.54, 1.807) is 0 Å². The minimum Gasteiger partial charge on any atom is -0.493 e. The first-order valence-corrected chi connectivity index (χ1v) is 7.17. The Bertz CT molecular complexity index is 549. The number of rotatable bonds is 6. The molecule has 0 saturated carbocycles. The van der Waals surface area contributed by atoms with Crippen molar-refractivity contribution in [2.75, 3.05) is 18.5 Å². The van der Waals surface area contributed by atoms with Crippen molar-refractivity contribution in [1.29, 1.82) is 0 Å². The Kier molecular flexibility index (Phi) is 5.05. The van der Waals surface area contributed by atoms with Gasteiger partial charge in [0.2, 0.25) is 0 Å². The fraction of sp³-hybridized carbons (Fsp3) is 0.333. The molecule has 0 spiro atoms. The molecule has 2 aromatic carbocycles. The Hall–Kier alpha value is -1.96. The van der Waals surface area contributed by atoms with E-state index in [1.807, 2.05) is 18.2 Å². The molecule has 0 aliphatic heterocycles. The lowest BCUT2D eigenvalue weighted by Gasteiger charge is -2.14. The van der Waals surface area contributed by atoms with Crippen molar-refractivity contribution in [2.45, 2.75) is 27.2 Å². The highest BCUT2D eigenvalue weighted by Gasteiger charge is 2.05. The zero-order chi connectivity index (χ0) is 14.4. The second-order valence-electron chi connectivity index (χ2n) is 5.15. The SMILES string of the molecule is Cc1ccc(C)c(OCCCNc2ccccc2)c1C. The minimum atomic E-state index is 0.741. The summed E-state index contributed by atoms with van der Waals surface area (Å²) in [5.74, 6) is 1.05. The number of anilines is 1. The molecule has 2 heteroatoms. The Morgan fingerprint density at radius 2 is 1.60 bits per heavy atom. The van der Waals surface area contributed by atoms with Gasteiger partial charge in [0.25, 0.3) is 0 Å². The fourth-order valence-corrected chi connectivity index (χ4v) is 2.18. The van der Waals surface area contributed by atoms with Crippen LogP contribution in [-0.2, 0) is 0 Å². The van der Waals surface area contributed by atoms with Gasteiger partial charge in [0.05, 0.1) is 6.61 Å². The third kappa shape index (κ3) is 3.77.